The van der Waals surface area contributed by atoms with Crippen molar-refractivity contribution in [2.45, 2.75) is 114 Å². The number of nitrogens with one attached hydrogen (secondary N) is 1. The minimum atomic E-state index is -5.49. The molecule has 432 valence electrons. The maximum atomic E-state index is 15.4. The Morgan fingerprint density at radius 3 is 1.63 bits per heavy atom. The van der Waals surface area contributed by atoms with Gasteiger partial charge >= 0.3 is 53.9 Å². The maximum absolute atomic E-state index is 15.4. The number of carbonyl (C=O) groups is 9. The third kappa shape index (κ3) is 16.9. The van der Waals surface area contributed by atoms with Gasteiger partial charge in [-0.2, -0.15) is 13.2 Å². The number of aliphatic imine (C=N–C) groups is 1. The predicted molar refractivity (Wildman–Crippen MR) is 267 cm³/mol. The number of methoxy groups -OCH3 is 1. The number of carbonyl (C=O) groups excluding carboxylic acids is 9. The third-order valence-electron chi connectivity index (χ3n) is 11.8. The fraction of sp³-hybridized carbons (Fsp3) is 0.382. The van der Waals surface area contributed by atoms with Gasteiger partial charge in [0.2, 0.25) is 12.2 Å². The highest BCUT2D eigenvalue weighted by atomic mass is 19.4. The third-order valence-corrected chi connectivity index (χ3v) is 11.8. The lowest BCUT2D eigenvalue weighted by atomic mass is 9.87. The van der Waals surface area contributed by atoms with E-state index in [9.17, 15) is 43.2 Å². The van der Waals surface area contributed by atoms with Crippen LogP contribution in [0, 0.1) is 0 Å². The summed E-state index contributed by atoms with van der Waals surface area (Å²) >= 11 is 0. The fourth-order valence-corrected chi connectivity index (χ4v) is 8.48. The number of ether oxygens (including phenoxy) is 12. The van der Waals surface area contributed by atoms with Crippen molar-refractivity contribution in [1.29, 1.82) is 0 Å². The summed E-state index contributed by atoms with van der Waals surface area (Å²) in [5.41, 5.74) is -0.789. The van der Waals surface area contributed by atoms with Gasteiger partial charge in [0.25, 0.3) is 11.7 Å². The van der Waals surface area contributed by atoms with Crippen molar-refractivity contribution in [1.82, 2.24) is 5.32 Å². The molecule has 0 aliphatic carbocycles. The summed E-state index contributed by atoms with van der Waals surface area (Å²) in [5.74, 6) is -15.7. The quantitative estimate of drug-likeness (QED) is 0.0512. The van der Waals surface area contributed by atoms with E-state index < -0.39 is 152 Å². The first-order valence-electron chi connectivity index (χ1n) is 24.6. The van der Waals surface area contributed by atoms with E-state index in [1.165, 1.54) is 109 Å². The number of hydrogen-bond acceptors (Lipinski definition) is 22. The van der Waals surface area contributed by atoms with Gasteiger partial charge in [-0.15, -0.1) is 0 Å². The number of rotatable bonds is 20. The smallest absolute Gasteiger partial charge is 0.465 e. The predicted octanol–water partition coefficient (Wildman–Crippen LogP) is 5.23. The number of para-hydroxylation sites is 1. The highest BCUT2D eigenvalue weighted by Gasteiger charge is 2.64. The lowest BCUT2D eigenvalue weighted by molar-refractivity contribution is -0.364. The van der Waals surface area contributed by atoms with E-state index in [-0.39, 0.29) is 22.4 Å². The molecule has 0 bridgehead atoms. The molecule has 0 radical (unpaired) electrons. The van der Waals surface area contributed by atoms with Gasteiger partial charge in [-0.1, -0.05) is 72.8 Å². The molecule has 0 spiro atoms. The SMILES string of the molecule is COC(=O)[C@@]1(OC2[C@@H](OC(=O)c3ccccc3)C(COC(=O)c3ccccc3)O[C@@H](O/C(=N/c3ccccc3)C(F)(F)F)[C@H]2OC(=O)c2ccccc2)C[C@@H](OC(C)=O)[C@@H](NC(C)=O)C([C@H](OC(C)=O)[C@@H](COC(C)=O)OC(C)=O)O1. The second-order valence-corrected chi connectivity index (χ2v) is 17.9. The first-order chi connectivity index (χ1) is 38.5. The highest BCUT2D eigenvalue weighted by molar-refractivity contribution is 5.91. The Kier molecular flexibility index (Phi) is 21.2. The molecular formula is C55H55F3N2O21. The van der Waals surface area contributed by atoms with Gasteiger partial charge in [0, 0.05) is 34.6 Å². The lowest BCUT2D eigenvalue weighted by Crippen LogP contribution is -2.72. The Labute approximate surface area is 460 Å². The normalized spacial score (nSPS) is 23.3. The molecule has 3 unspecified atom stereocenters. The Balaban J connectivity index is 1.66. The van der Waals surface area contributed by atoms with Crippen LogP contribution in [0.3, 0.4) is 0 Å². The topological polar surface area (TPSA) is 289 Å². The first kappa shape index (κ1) is 61.5. The zero-order valence-electron chi connectivity index (χ0n) is 44.1. The summed E-state index contributed by atoms with van der Waals surface area (Å²) in [6.45, 7) is 2.73. The van der Waals surface area contributed by atoms with Gasteiger partial charge in [0.15, 0.2) is 24.4 Å². The molecule has 2 heterocycles. The molecule has 81 heavy (non-hydrogen) atoms. The van der Waals surface area contributed by atoms with Crippen molar-refractivity contribution in [3.05, 3.63) is 138 Å². The molecule has 2 aliphatic rings. The average molecular weight is 1140 g/mol. The highest BCUT2D eigenvalue weighted by Crippen LogP contribution is 2.42. The molecule has 2 saturated heterocycles. The molecule has 0 aromatic heterocycles. The zero-order chi connectivity index (χ0) is 59.0. The summed E-state index contributed by atoms with van der Waals surface area (Å²) in [5, 5.41) is 2.49. The second-order valence-electron chi connectivity index (χ2n) is 17.9. The van der Waals surface area contributed by atoms with E-state index in [0.717, 1.165) is 41.7 Å². The van der Waals surface area contributed by atoms with Crippen molar-refractivity contribution >= 4 is 65.2 Å². The van der Waals surface area contributed by atoms with E-state index in [2.05, 4.69) is 10.3 Å². The van der Waals surface area contributed by atoms with Crippen molar-refractivity contribution in [3.63, 3.8) is 0 Å². The number of nitrogens with zero attached hydrogens (tertiary/aromatic N) is 1. The van der Waals surface area contributed by atoms with Crippen molar-refractivity contribution < 1.29 is 113 Å². The minimum Gasteiger partial charge on any atom is -0.465 e. The summed E-state index contributed by atoms with van der Waals surface area (Å²) < 4.78 is 116. The standard InChI is InChI=1S/C55H55F3N2O21/c1-30(61)59-42-39(73-32(3)63)27-54(53(69)70-6,80-45(42)43(75-34(5)65)40(74-33(4)64)28-71-31(2)62)81-46-44(77-49(67)36-21-13-8-14-22-36)41(29-72-48(66)35-19-11-7-12-20-35)76-51(47(46)78-50(68)37-23-15-9-16-24-37)79-52(55(56,57)58)60-38-25-17-10-18-26-38/h7-26,39-47,51H,27-29H2,1-6H3,(H,59,61)/b60-52+/t39-,40-,41?,42-,43-,44+,45?,46?,47+,51+,54+/m1/s1. The van der Waals surface area contributed by atoms with Crippen LogP contribution in [0.4, 0.5) is 18.9 Å². The molecule has 4 aromatic carbocycles. The Hall–Kier alpha value is -8.75. The van der Waals surface area contributed by atoms with Crippen LogP contribution in [-0.2, 0) is 85.6 Å². The number of esters is 8. The summed E-state index contributed by atoms with van der Waals surface area (Å²) in [4.78, 5) is 125. The summed E-state index contributed by atoms with van der Waals surface area (Å²) in [6.07, 6.45) is -26.7. The maximum Gasteiger partial charge on any atom is 0.468 e. The molecule has 0 saturated carbocycles. The molecule has 1 amide bonds. The van der Waals surface area contributed by atoms with E-state index in [1.807, 2.05) is 0 Å². The number of halogens is 3. The van der Waals surface area contributed by atoms with E-state index >= 15 is 13.2 Å². The number of hydrogen-bond donors (Lipinski definition) is 1. The van der Waals surface area contributed by atoms with Gasteiger partial charge in [0.1, 0.15) is 37.6 Å². The molecule has 23 nitrogen and oxygen atoms in total. The van der Waals surface area contributed by atoms with Crippen LogP contribution in [0.15, 0.2) is 126 Å². The van der Waals surface area contributed by atoms with Crippen molar-refractivity contribution in [2.75, 3.05) is 20.3 Å². The molecule has 6 rings (SSSR count). The number of benzene rings is 4. The molecule has 2 aliphatic heterocycles. The largest absolute Gasteiger partial charge is 0.468 e. The second kappa shape index (κ2) is 27.9. The van der Waals surface area contributed by atoms with Crippen molar-refractivity contribution in [3.8, 4) is 0 Å². The van der Waals surface area contributed by atoms with Crippen LogP contribution in [0.5, 0.6) is 0 Å². The van der Waals surface area contributed by atoms with Crippen LogP contribution < -0.4 is 5.32 Å². The molecular weight excluding hydrogens is 1080 g/mol. The van der Waals surface area contributed by atoms with Crippen molar-refractivity contribution in [2.24, 2.45) is 4.99 Å². The Bertz CT molecular complexity index is 2900. The number of alkyl halides is 3. The molecule has 11 atom stereocenters. The van der Waals surface area contributed by atoms with Crippen LogP contribution in [0.25, 0.3) is 0 Å². The van der Waals surface area contributed by atoms with E-state index in [0.29, 0.717) is 0 Å². The monoisotopic (exact) mass is 1140 g/mol. The summed E-state index contributed by atoms with van der Waals surface area (Å²) in [7, 11) is 0.801. The van der Waals surface area contributed by atoms with Crippen LogP contribution in [0.1, 0.15) is 72.1 Å². The minimum absolute atomic E-state index is 0.0459. The Morgan fingerprint density at radius 2 is 1.15 bits per heavy atom. The van der Waals surface area contributed by atoms with Gasteiger partial charge in [-0.3, -0.25) is 24.0 Å². The van der Waals surface area contributed by atoms with Crippen LogP contribution in [0.2, 0.25) is 0 Å². The van der Waals surface area contributed by atoms with E-state index in [4.69, 9.17) is 56.8 Å². The van der Waals surface area contributed by atoms with Crippen LogP contribution >= 0.6 is 0 Å². The van der Waals surface area contributed by atoms with Gasteiger partial charge in [-0.25, -0.2) is 24.2 Å². The molecule has 1 N–H and O–H groups in total. The van der Waals surface area contributed by atoms with Gasteiger partial charge < -0.3 is 62.2 Å². The number of amides is 1. The summed E-state index contributed by atoms with van der Waals surface area (Å²) in [6, 6.07) is 25.9. The molecule has 4 aromatic rings. The van der Waals surface area contributed by atoms with Gasteiger partial charge in [0.05, 0.1) is 42.0 Å². The molecule has 26 heteroatoms. The Morgan fingerprint density at radius 1 is 0.630 bits per heavy atom. The zero-order valence-corrected chi connectivity index (χ0v) is 44.1. The first-order valence-corrected chi connectivity index (χ1v) is 24.6. The van der Waals surface area contributed by atoms with Gasteiger partial charge in [-0.05, 0) is 48.5 Å². The van der Waals surface area contributed by atoms with E-state index in [1.54, 1.807) is 12.1 Å². The van der Waals surface area contributed by atoms with Crippen LogP contribution in [-0.4, -0.2) is 153 Å². The average Bonchev–Trinajstić information content (AvgIpc) is 3.49. The lowest BCUT2D eigenvalue weighted by Gasteiger charge is -2.51. The fourth-order valence-electron chi connectivity index (χ4n) is 8.48. The molecule has 2 fully saturated rings.